The van der Waals surface area contributed by atoms with Gasteiger partial charge in [-0.05, 0) is 27.3 Å². The first-order valence-electron chi connectivity index (χ1n) is 5.93. The lowest BCUT2D eigenvalue weighted by molar-refractivity contribution is -0.350. The molecule has 2 aromatic rings. The molecule has 2 rings (SSSR count). The van der Waals surface area contributed by atoms with Crippen molar-refractivity contribution in [3.05, 3.63) is 18.3 Å². The lowest BCUT2D eigenvalue weighted by Gasteiger charge is -2.24. The molecular weight excluding hydrogens is 298 g/mol. The van der Waals surface area contributed by atoms with Gasteiger partial charge in [0.15, 0.2) is 0 Å². The number of pyridine rings is 1. The van der Waals surface area contributed by atoms with Crippen LogP contribution in [0.1, 0.15) is 0 Å². The molecule has 0 aliphatic rings. The van der Waals surface area contributed by atoms with Crippen LogP contribution in [0.25, 0.3) is 11.2 Å². The molecule has 0 amide bonds. The van der Waals surface area contributed by atoms with E-state index in [1.54, 1.807) is 18.3 Å². The Labute approximate surface area is 125 Å². The number of guanidine groups is 1. The average Bonchev–Trinajstić information content (AvgIpc) is 2.97. The van der Waals surface area contributed by atoms with Gasteiger partial charge < -0.3 is 0 Å². The number of rotatable bonds is 6. The highest BCUT2D eigenvalue weighted by molar-refractivity contribution is 5.75. The summed E-state index contributed by atoms with van der Waals surface area (Å²) in [5, 5.41) is 13.2. The van der Waals surface area contributed by atoms with E-state index in [9.17, 15) is 0 Å². The highest BCUT2D eigenvalue weighted by Crippen LogP contribution is 2.06. The Balaban J connectivity index is 2.28. The lowest BCUT2D eigenvalue weighted by Crippen LogP contribution is -2.43. The van der Waals surface area contributed by atoms with Crippen LogP contribution in [-0.2, 0) is 19.4 Å². The highest BCUT2D eigenvalue weighted by atomic mass is 17.0. The van der Waals surface area contributed by atoms with Crippen LogP contribution in [0.3, 0.4) is 0 Å². The Morgan fingerprint density at radius 1 is 1.09 bits per heavy atom. The van der Waals surface area contributed by atoms with E-state index in [0.29, 0.717) is 11.2 Å². The summed E-state index contributed by atoms with van der Waals surface area (Å²) in [7, 11) is 5.42. The Hall–Kier alpha value is -2.54. The van der Waals surface area contributed by atoms with Crippen LogP contribution in [0.5, 0.6) is 0 Å². The Kier molecular flexibility index (Phi) is 5.37. The molecule has 0 atom stereocenters. The van der Waals surface area contributed by atoms with Gasteiger partial charge in [-0.3, -0.25) is 0 Å². The average molecular weight is 313 g/mol. The molecule has 0 N–H and O–H groups in total. The number of fused-ring (bicyclic) bond motifs is 1. The molecule has 0 spiro atoms. The molecule has 0 radical (unpaired) electrons. The summed E-state index contributed by atoms with van der Waals surface area (Å²) in [6, 6.07) is 3.46. The maximum absolute atomic E-state index is 5.16. The molecule has 0 aliphatic heterocycles. The van der Waals surface area contributed by atoms with E-state index in [2.05, 4.69) is 20.5 Å². The monoisotopic (exact) mass is 313 g/mol. The van der Waals surface area contributed by atoms with Crippen LogP contribution < -0.4 is 4.94 Å². The fraction of sp³-hybridized carbons (Fsp3) is 0.400. The minimum absolute atomic E-state index is 0.102. The van der Waals surface area contributed by atoms with Crippen molar-refractivity contribution in [3.63, 3.8) is 0 Å². The number of hydroxylamine groups is 4. The summed E-state index contributed by atoms with van der Waals surface area (Å²) < 4.78 is 0. The summed E-state index contributed by atoms with van der Waals surface area (Å²) in [6.07, 6.45) is 1.57. The van der Waals surface area contributed by atoms with Crippen molar-refractivity contribution in [2.45, 2.75) is 0 Å². The maximum Gasteiger partial charge on any atom is 0.342 e. The molecule has 0 fully saturated rings. The molecule has 2 aromatic heterocycles. The number of oxime groups is 1. The van der Waals surface area contributed by atoms with E-state index >= 15 is 0 Å². The molecule has 22 heavy (non-hydrogen) atoms. The normalized spacial score (nSPS) is 10.5. The molecule has 0 saturated carbocycles. The molecule has 0 saturated heterocycles. The Morgan fingerprint density at radius 2 is 1.73 bits per heavy atom. The van der Waals surface area contributed by atoms with Gasteiger partial charge in [0, 0.05) is 6.20 Å². The van der Waals surface area contributed by atoms with Gasteiger partial charge in [0.25, 0.3) is 0 Å². The maximum atomic E-state index is 5.16. The number of aromatic nitrogens is 4. The van der Waals surface area contributed by atoms with Crippen LogP contribution in [0.15, 0.2) is 23.5 Å². The van der Waals surface area contributed by atoms with E-state index in [1.165, 1.54) is 28.4 Å². The lowest BCUT2D eigenvalue weighted by atomic mass is 10.4. The van der Waals surface area contributed by atoms with Crippen molar-refractivity contribution in [2.75, 3.05) is 28.4 Å². The Bertz CT molecular complexity index is 611. The third-order valence-corrected chi connectivity index (χ3v) is 2.37. The smallest absolute Gasteiger partial charge is 0.249 e. The molecule has 12 heteroatoms. The van der Waals surface area contributed by atoms with E-state index in [4.69, 9.17) is 24.3 Å². The van der Waals surface area contributed by atoms with Crippen LogP contribution in [0.4, 0.5) is 0 Å². The van der Waals surface area contributed by atoms with E-state index < -0.39 is 0 Å². The second-order valence-corrected chi connectivity index (χ2v) is 3.53. The van der Waals surface area contributed by atoms with Gasteiger partial charge in [-0.25, -0.2) is 29.3 Å². The van der Waals surface area contributed by atoms with Crippen molar-refractivity contribution in [3.8, 4) is 0 Å². The zero-order valence-electron chi connectivity index (χ0n) is 12.4. The topological polar surface area (TPSA) is 109 Å². The van der Waals surface area contributed by atoms with Crippen LogP contribution in [0, 0.1) is 0 Å². The van der Waals surface area contributed by atoms with Gasteiger partial charge >= 0.3 is 5.96 Å². The Morgan fingerprint density at radius 3 is 2.32 bits per heavy atom. The quantitative estimate of drug-likeness (QED) is 0.388. The van der Waals surface area contributed by atoms with Gasteiger partial charge in [-0.1, -0.05) is 10.5 Å². The molecule has 12 nitrogen and oxygen atoms in total. The first-order chi connectivity index (χ1) is 10.7. The molecule has 0 unspecified atom stereocenters. The predicted octanol–water partition coefficient (Wildman–Crippen LogP) is -0.625. The van der Waals surface area contributed by atoms with Crippen LogP contribution in [-0.4, -0.2) is 65.0 Å². The third-order valence-electron chi connectivity index (χ3n) is 2.37. The largest absolute Gasteiger partial charge is 0.342 e. The fourth-order valence-corrected chi connectivity index (χ4v) is 1.48. The molecule has 0 aliphatic carbocycles. The van der Waals surface area contributed by atoms with Crippen molar-refractivity contribution in [1.29, 1.82) is 0 Å². The number of hydrogen-bond acceptors (Lipinski definition) is 9. The van der Waals surface area contributed by atoms with Gasteiger partial charge in [0.05, 0.1) is 28.4 Å². The van der Waals surface area contributed by atoms with Crippen molar-refractivity contribution >= 4 is 17.1 Å². The summed E-state index contributed by atoms with van der Waals surface area (Å²) in [4.78, 5) is 30.0. The fourth-order valence-electron chi connectivity index (χ4n) is 1.48. The van der Waals surface area contributed by atoms with Crippen molar-refractivity contribution < 1.29 is 24.3 Å². The van der Waals surface area contributed by atoms with Crippen molar-refractivity contribution in [1.82, 2.24) is 30.6 Å². The summed E-state index contributed by atoms with van der Waals surface area (Å²) in [5.74, 6) is -0.102. The predicted molar refractivity (Wildman–Crippen MR) is 71.1 cm³/mol. The van der Waals surface area contributed by atoms with E-state index in [0.717, 1.165) is 15.3 Å². The highest BCUT2D eigenvalue weighted by Gasteiger charge is 2.22. The molecule has 0 aromatic carbocycles. The summed E-state index contributed by atoms with van der Waals surface area (Å²) in [6.45, 7) is 0. The van der Waals surface area contributed by atoms with Gasteiger partial charge in [-0.2, -0.15) is 0 Å². The molecule has 0 bridgehead atoms. The zero-order valence-corrected chi connectivity index (χ0v) is 12.4. The minimum atomic E-state index is -0.102. The van der Waals surface area contributed by atoms with Crippen LogP contribution in [0.2, 0.25) is 0 Å². The van der Waals surface area contributed by atoms with Crippen LogP contribution >= 0.6 is 0 Å². The SMILES string of the molecule is CON(OC)C(=NOn1nnc2cccnc21)N(OC)OC. The van der Waals surface area contributed by atoms with E-state index in [1.807, 2.05) is 0 Å². The van der Waals surface area contributed by atoms with Gasteiger partial charge in [0.2, 0.25) is 5.65 Å². The van der Waals surface area contributed by atoms with E-state index in [-0.39, 0.29) is 5.96 Å². The second-order valence-electron chi connectivity index (χ2n) is 3.53. The number of nitrogens with zero attached hydrogens (tertiary/aromatic N) is 7. The standard InChI is InChI=1S/C10H15N7O5/c1-18-16(19-2)10(17(20-3)21-4)13-22-15-9-8(12-14-15)6-5-7-11-9/h5-7H,1-4H3. The van der Waals surface area contributed by atoms with Gasteiger partial charge in [0.1, 0.15) is 5.52 Å². The third kappa shape index (κ3) is 3.20. The van der Waals surface area contributed by atoms with Gasteiger partial charge in [-0.15, -0.1) is 5.10 Å². The molecular formula is C10H15N7O5. The first kappa shape index (κ1) is 15.8. The van der Waals surface area contributed by atoms with Crippen molar-refractivity contribution in [2.24, 2.45) is 5.16 Å². The second kappa shape index (κ2) is 7.46. The zero-order chi connectivity index (χ0) is 15.9. The summed E-state index contributed by atoms with van der Waals surface area (Å²) >= 11 is 0. The minimum Gasteiger partial charge on any atom is -0.249 e. The molecule has 2 heterocycles. The number of hydrogen-bond donors (Lipinski definition) is 0. The first-order valence-corrected chi connectivity index (χ1v) is 5.93. The summed E-state index contributed by atoms with van der Waals surface area (Å²) in [5.41, 5.74) is 0.929. The molecule has 120 valence electrons.